The highest BCUT2D eigenvalue weighted by molar-refractivity contribution is 5.52. The molecular weight excluding hydrogens is 189 g/mol. The number of ether oxygens (including phenoxy) is 1. The first-order valence-corrected chi connectivity index (χ1v) is 3.77. The maximum atomic E-state index is 13.4. The van der Waals surface area contributed by atoms with Crippen LogP contribution < -0.4 is 4.74 Å². The van der Waals surface area contributed by atoms with E-state index in [2.05, 4.69) is 15.2 Å². The van der Waals surface area contributed by atoms with Gasteiger partial charge in [-0.25, -0.2) is 9.37 Å². The number of hydrogen-bond donors (Lipinski definition) is 0. The predicted molar refractivity (Wildman–Crippen MR) is 44.0 cm³/mol. The molecule has 0 saturated carbocycles. The number of pyridine rings is 1. The second-order valence-corrected chi connectivity index (χ2v) is 2.45. The summed E-state index contributed by atoms with van der Waals surface area (Å²) in [5, 5.41) is 7.01. The Balaban J connectivity index is 2.46. The van der Waals surface area contributed by atoms with Crippen LogP contribution in [0.4, 0.5) is 4.39 Å². The quantitative estimate of drug-likeness (QED) is 0.722. The zero-order valence-corrected chi connectivity index (χ0v) is 7.27. The fourth-order valence-electron chi connectivity index (χ4n) is 0.973. The number of methoxy groups -OCH3 is 1. The van der Waals surface area contributed by atoms with Crippen LogP contribution in [0.3, 0.4) is 0 Å². The van der Waals surface area contributed by atoms with Crippen LogP contribution in [0, 0.1) is 5.82 Å². The van der Waals surface area contributed by atoms with E-state index >= 15 is 0 Å². The van der Waals surface area contributed by atoms with E-state index in [9.17, 15) is 4.39 Å². The van der Waals surface area contributed by atoms with E-state index in [-0.39, 0.29) is 17.3 Å². The summed E-state index contributed by atoms with van der Waals surface area (Å²) in [6, 6.07) is 1.15. The van der Waals surface area contributed by atoms with Crippen molar-refractivity contribution in [2.24, 2.45) is 0 Å². The number of hydrogen-bond acceptors (Lipinski definition) is 5. The average Bonchev–Trinajstić information content (AvgIpc) is 2.70. The smallest absolute Gasteiger partial charge is 0.251 e. The van der Waals surface area contributed by atoms with Crippen LogP contribution in [0.1, 0.15) is 0 Å². The Morgan fingerprint density at radius 2 is 2.36 bits per heavy atom. The first kappa shape index (κ1) is 8.61. The third kappa shape index (κ3) is 1.41. The Morgan fingerprint density at radius 3 is 2.93 bits per heavy atom. The standard InChI is InChI=1S/C8H6FN3O2/c1-13-7-2-6(9)5(3-10-7)8-12-11-4-14-8/h2-4H,1H3. The van der Waals surface area contributed by atoms with Gasteiger partial charge in [0.2, 0.25) is 12.3 Å². The summed E-state index contributed by atoms with van der Waals surface area (Å²) in [5.41, 5.74) is 0.156. The molecule has 0 bridgehead atoms. The molecule has 2 aromatic rings. The van der Waals surface area contributed by atoms with Crippen molar-refractivity contribution in [3.63, 3.8) is 0 Å². The highest BCUT2D eigenvalue weighted by atomic mass is 19.1. The normalized spacial score (nSPS) is 10.1. The van der Waals surface area contributed by atoms with Crippen LogP contribution in [0.25, 0.3) is 11.5 Å². The summed E-state index contributed by atoms with van der Waals surface area (Å²) >= 11 is 0. The van der Waals surface area contributed by atoms with Gasteiger partial charge in [-0.15, -0.1) is 10.2 Å². The summed E-state index contributed by atoms with van der Waals surface area (Å²) in [6.45, 7) is 0. The summed E-state index contributed by atoms with van der Waals surface area (Å²) in [7, 11) is 1.41. The molecule has 14 heavy (non-hydrogen) atoms. The van der Waals surface area contributed by atoms with Crippen LogP contribution in [0.2, 0.25) is 0 Å². The molecule has 2 aromatic heterocycles. The molecular formula is C8H6FN3O2. The minimum Gasteiger partial charge on any atom is -0.481 e. The molecule has 0 aromatic carbocycles. The first-order valence-electron chi connectivity index (χ1n) is 3.77. The maximum Gasteiger partial charge on any atom is 0.251 e. The molecule has 0 aliphatic carbocycles. The first-order chi connectivity index (χ1) is 6.81. The van der Waals surface area contributed by atoms with Gasteiger partial charge in [-0.05, 0) is 0 Å². The SMILES string of the molecule is COc1cc(F)c(-c2nnco2)cn1. The molecule has 0 saturated heterocycles. The lowest BCUT2D eigenvalue weighted by molar-refractivity contribution is 0.394. The highest BCUT2D eigenvalue weighted by Gasteiger charge is 2.11. The zero-order valence-electron chi connectivity index (χ0n) is 7.27. The molecule has 2 rings (SSSR count). The van der Waals surface area contributed by atoms with E-state index in [1.165, 1.54) is 13.3 Å². The van der Waals surface area contributed by atoms with Crippen molar-refractivity contribution in [2.45, 2.75) is 0 Å². The topological polar surface area (TPSA) is 61.0 Å². The average molecular weight is 195 g/mol. The Bertz CT molecular complexity index is 430. The monoisotopic (exact) mass is 195 g/mol. The van der Waals surface area contributed by atoms with E-state index in [1.54, 1.807) is 0 Å². The maximum absolute atomic E-state index is 13.4. The van der Waals surface area contributed by atoms with Crippen molar-refractivity contribution in [3.8, 4) is 17.3 Å². The van der Waals surface area contributed by atoms with Gasteiger partial charge in [0.15, 0.2) is 0 Å². The third-order valence-electron chi connectivity index (χ3n) is 1.63. The number of aromatic nitrogens is 3. The van der Waals surface area contributed by atoms with Crippen molar-refractivity contribution in [3.05, 3.63) is 24.5 Å². The summed E-state index contributed by atoms with van der Waals surface area (Å²) in [5.74, 6) is -0.218. The Hall–Kier alpha value is -1.98. The summed E-state index contributed by atoms with van der Waals surface area (Å²) in [6.07, 6.45) is 2.40. The Kier molecular flexibility index (Phi) is 2.10. The van der Waals surface area contributed by atoms with Crippen molar-refractivity contribution in [1.82, 2.24) is 15.2 Å². The van der Waals surface area contributed by atoms with Crippen molar-refractivity contribution in [1.29, 1.82) is 0 Å². The van der Waals surface area contributed by atoms with Gasteiger partial charge in [-0.2, -0.15) is 0 Å². The molecule has 0 N–H and O–H groups in total. The minimum absolute atomic E-state index is 0.0950. The van der Waals surface area contributed by atoms with Crippen LogP contribution in [-0.2, 0) is 0 Å². The van der Waals surface area contributed by atoms with Crippen LogP contribution in [0.15, 0.2) is 23.1 Å². The molecule has 0 spiro atoms. The van der Waals surface area contributed by atoms with Crippen molar-refractivity contribution < 1.29 is 13.5 Å². The predicted octanol–water partition coefficient (Wildman–Crippen LogP) is 1.28. The van der Waals surface area contributed by atoms with Gasteiger partial charge >= 0.3 is 0 Å². The lowest BCUT2D eigenvalue weighted by Gasteiger charge is -2.00. The highest BCUT2D eigenvalue weighted by Crippen LogP contribution is 2.21. The fraction of sp³-hybridized carbons (Fsp3) is 0.125. The second kappa shape index (κ2) is 3.41. The van der Waals surface area contributed by atoms with Gasteiger partial charge in [-0.3, -0.25) is 0 Å². The van der Waals surface area contributed by atoms with Gasteiger partial charge in [0.1, 0.15) is 5.82 Å². The van der Waals surface area contributed by atoms with Gasteiger partial charge in [-0.1, -0.05) is 0 Å². The molecule has 0 amide bonds. The lowest BCUT2D eigenvalue weighted by Crippen LogP contribution is -1.91. The van der Waals surface area contributed by atoms with Gasteiger partial charge in [0, 0.05) is 12.3 Å². The van der Waals surface area contributed by atoms with Gasteiger partial charge in [0.25, 0.3) is 5.89 Å². The lowest BCUT2D eigenvalue weighted by atomic mass is 10.3. The van der Waals surface area contributed by atoms with E-state index < -0.39 is 5.82 Å². The van der Waals surface area contributed by atoms with Gasteiger partial charge in [0.05, 0.1) is 12.7 Å². The second-order valence-electron chi connectivity index (χ2n) is 2.45. The van der Waals surface area contributed by atoms with Crippen LogP contribution >= 0.6 is 0 Å². The molecule has 0 atom stereocenters. The number of halogens is 1. The summed E-state index contributed by atoms with van der Waals surface area (Å²) < 4.78 is 22.9. The minimum atomic E-state index is -0.513. The molecule has 0 aliphatic rings. The molecule has 6 heteroatoms. The van der Waals surface area contributed by atoms with E-state index in [1.807, 2.05) is 0 Å². The van der Waals surface area contributed by atoms with E-state index in [0.717, 1.165) is 12.5 Å². The van der Waals surface area contributed by atoms with Gasteiger partial charge < -0.3 is 9.15 Å². The Labute approximate surface area is 78.6 Å². The fourth-order valence-corrected chi connectivity index (χ4v) is 0.973. The largest absolute Gasteiger partial charge is 0.481 e. The molecule has 2 heterocycles. The number of nitrogens with zero attached hydrogens (tertiary/aromatic N) is 3. The molecule has 0 aliphatic heterocycles. The zero-order chi connectivity index (χ0) is 9.97. The van der Waals surface area contributed by atoms with Crippen LogP contribution in [0.5, 0.6) is 5.88 Å². The van der Waals surface area contributed by atoms with Crippen molar-refractivity contribution in [2.75, 3.05) is 7.11 Å². The van der Waals surface area contributed by atoms with Crippen LogP contribution in [-0.4, -0.2) is 22.3 Å². The number of rotatable bonds is 2. The Morgan fingerprint density at radius 1 is 1.50 bits per heavy atom. The van der Waals surface area contributed by atoms with Crippen molar-refractivity contribution >= 4 is 0 Å². The van der Waals surface area contributed by atoms with E-state index in [0.29, 0.717) is 0 Å². The molecule has 72 valence electrons. The summed E-state index contributed by atoms with van der Waals surface area (Å²) in [4.78, 5) is 3.82. The molecule has 0 radical (unpaired) electrons. The van der Waals surface area contributed by atoms with E-state index in [4.69, 9.17) is 9.15 Å². The molecule has 0 fully saturated rings. The molecule has 5 nitrogen and oxygen atoms in total. The third-order valence-corrected chi connectivity index (χ3v) is 1.63. The molecule has 0 unspecified atom stereocenters.